The third-order valence-electron chi connectivity index (χ3n) is 13.9. The fourth-order valence-electron chi connectivity index (χ4n) is 10.4. The molecule has 0 aliphatic heterocycles. The average molecular weight is 1160 g/mol. The van der Waals surface area contributed by atoms with Crippen molar-refractivity contribution in [2.24, 2.45) is 0 Å². The van der Waals surface area contributed by atoms with Gasteiger partial charge in [0.05, 0.1) is 53.4 Å². The maximum Gasteiger partial charge on any atom is 2.00 e. The molecule has 14 nitrogen and oxygen atoms in total. The topological polar surface area (TPSA) is 226 Å². The Hall–Kier alpha value is -7.28. The summed E-state index contributed by atoms with van der Waals surface area (Å²) in [6.45, 7) is 8.48. The molecule has 2 heterocycles. The summed E-state index contributed by atoms with van der Waals surface area (Å²) in [6.07, 6.45) is -5.28. The predicted octanol–water partition coefficient (Wildman–Crippen LogP) is 10.9. The third kappa shape index (κ3) is 17.4. The molecule has 17 heteroatoms. The molecule has 0 spiro atoms. The van der Waals surface area contributed by atoms with E-state index in [2.05, 4.69) is 10.6 Å². The van der Waals surface area contributed by atoms with E-state index in [1.165, 1.54) is 24.3 Å². The first-order valence-corrected chi connectivity index (χ1v) is 27.3. The number of rotatable bonds is 24. The van der Waals surface area contributed by atoms with E-state index < -0.39 is 55.0 Å². The van der Waals surface area contributed by atoms with Crippen LogP contribution < -0.4 is 15.7 Å². The van der Waals surface area contributed by atoms with Gasteiger partial charge in [-0.3, -0.25) is 14.4 Å². The Labute approximate surface area is 512 Å². The number of hydrogen-bond acceptors (Lipinski definition) is 9. The number of carbonyl (C=O) groups excluding carboxylic acids is 3. The molecule has 428 valence electrons. The number of hydrogen-bond donors (Lipinski definition) is 7. The van der Waals surface area contributed by atoms with E-state index in [1.54, 1.807) is 36.4 Å². The molecule has 8 aromatic rings. The van der Waals surface area contributed by atoms with Crippen LogP contribution in [0.25, 0.3) is 44.8 Å². The van der Waals surface area contributed by atoms with Crippen molar-refractivity contribution in [3.05, 3.63) is 204 Å². The van der Waals surface area contributed by atoms with Gasteiger partial charge in [0.1, 0.15) is 11.6 Å². The molecule has 0 aliphatic carbocycles. The first kappa shape index (κ1) is 64.9. The molecule has 2 amide bonds. The number of para-hydroxylation sites is 2. The van der Waals surface area contributed by atoms with Gasteiger partial charge in [0.2, 0.25) is 0 Å². The summed E-state index contributed by atoms with van der Waals surface area (Å²) < 4.78 is 32.0. The second-order valence-electron chi connectivity index (χ2n) is 20.8. The van der Waals surface area contributed by atoms with Crippen molar-refractivity contribution in [2.75, 3.05) is 10.6 Å². The van der Waals surface area contributed by atoms with Crippen LogP contribution in [-0.2, 0) is 22.7 Å². The molecule has 0 saturated carbocycles. The van der Waals surface area contributed by atoms with Gasteiger partial charge >= 0.3 is 43.7 Å². The smallest absolute Gasteiger partial charge is 0.550 e. The molecule has 0 radical (unpaired) electrons. The normalized spacial score (nSPS) is 12.6. The van der Waals surface area contributed by atoms with Crippen molar-refractivity contribution < 1.29 is 58.6 Å². The molecular weight excluding hydrogens is 1090 g/mol. The van der Waals surface area contributed by atoms with Crippen molar-refractivity contribution in [3.63, 3.8) is 0 Å². The summed E-state index contributed by atoms with van der Waals surface area (Å²) in [4.78, 5) is 49.9. The summed E-state index contributed by atoms with van der Waals surface area (Å²) in [5, 5.41) is 67.4. The van der Waals surface area contributed by atoms with Crippen LogP contribution in [0.1, 0.15) is 110 Å². The number of nitrogens with zero attached hydrogens (tertiary/aromatic N) is 2. The van der Waals surface area contributed by atoms with Crippen LogP contribution in [-0.4, -0.2) is 121 Å². The van der Waals surface area contributed by atoms with Crippen LogP contribution in [0.2, 0.25) is 0 Å². The number of amides is 2. The Morgan fingerprint density at radius 2 is 0.795 bits per heavy atom. The van der Waals surface area contributed by atoms with Crippen LogP contribution in [0, 0.1) is 11.6 Å². The van der Waals surface area contributed by atoms with E-state index in [0.29, 0.717) is 56.1 Å². The minimum atomic E-state index is -1.39. The molecule has 6 aromatic carbocycles. The fourth-order valence-corrected chi connectivity index (χ4v) is 10.4. The van der Waals surface area contributed by atoms with Crippen molar-refractivity contribution >= 4 is 72.9 Å². The minimum Gasteiger partial charge on any atom is -0.550 e. The van der Waals surface area contributed by atoms with E-state index in [0.717, 1.165) is 22.5 Å². The van der Waals surface area contributed by atoms with Gasteiger partial charge in [-0.15, -0.1) is 0 Å². The molecule has 83 heavy (non-hydrogen) atoms. The minimum absolute atomic E-state index is 0. The zero-order chi connectivity index (χ0) is 59.0. The summed E-state index contributed by atoms with van der Waals surface area (Å²) in [7, 11) is 0. The number of carboxylic acids is 2. The maximum absolute atomic E-state index is 14.0. The van der Waals surface area contributed by atoms with Gasteiger partial charge in [0.15, 0.2) is 0 Å². The van der Waals surface area contributed by atoms with Crippen molar-refractivity contribution in [1.29, 1.82) is 0 Å². The number of anilines is 2. The monoisotopic (exact) mass is 1160 g/mol. The first-order chi connectivity index (χ1) is 39.3. The van der Waals surface area contributed by atoms with E-state index >= 15 is 0 Å². The Morgan fingerprint density at radius 1 is 0.470 bits per heavy atom. The molecule has 8 rings (SSSR count). The van der Waals surface area contributed by atoms with Crippen molar-refractivity contribution in [3.8, 4) is 44.8 Å². The number of halogens is 2. The summed E-state index contributed by atoms with van der Waals surface area (Å²) in [5.41, 5.74) is 9.49. The molecule has 0 bridgehead atoms. The molecule has 4 atom stereocenters. The Balaban J connectivity index is 0.000000263. The van der Waals surface area contributed by atoms with Crippen LogP contribution in [0.5, 0.6) is 0 Å². The van der Waals surface area contributed by atoms with Gasteiger partial charge < -0.3 is 55.2 Å². The second-order valence-corrected chi connectivity index (χ2v) is 20.8. The standard InChI is InChI=1S/2C33H35FN2O5.Ca/c2*1-21(2)31-30(33(41)35-25-11-7-4-8-12-25)29(22-9-5-3-6-10-22)32(23-13-15-24(34)16-14-23)36(31)18-17-26(37)19-27(38)20-28(39)40;/h2*3-16,21,26-27,37-38H,17-20H2,1-2H3,(H,35,41)(H,39,40);/q;;+2/p-1. The third-order valence-corrected chi connectivity index (χ3v) is 13.9. The zero-order valence-corrected chi connectivity index (χ0v) is 49.1. The number of nitrogens with one attached hydrogen (secondary N) is 2. The van der Waals surface area contributed by atoms with Gasteiger partial charge in [-0.2, -0.15) is 0 Å². The zero-order valence-electron chi connectivity index (χ0n) is 46.9. The number of carbonyl (C=O) groups is 4. The molecule has 0 aliphatic rings. The van der Waals surface area contributed by atoms with Gasteiger partial charge in [-0.25, -0.2) is 8.78 Å². The van der Waals surface area contributed by atoms with Gasteiger partial charge in [0, 0.05) is 59.4 Å². The Kier molecular flexibility index (Phi) is 24.1. The number of aliphatic carboxylic acids is 2. The van der Waals surface area contributed by atoms with E-state index in [-0.39, 0.29) is 106 Å². The van der Waals surface area contributed by atoms with Gasteiger partial charge in [0.25, 0.3) is 11.8 Å². The van der Waals surface area contributed by atoms with Gasteiger partial charge in [-0.05, 0) is 133 Å². The largest absolute Gasteiger partial charge is 2.00 e. The SMILES string of the molecule is CC(C)c1c(C(=O)Nc2ccccc2)c(-c2ccccc2)c(-c2ccc(F)cc2)n1CCC(O)CC(O)CC(=O)O.CC(C)c1c(C(=O)Nc2ccccc2)c(-c2ccccc2)c(-c2ccc(F)cc2)n1CCC(O)CC(O)CC(=O)[O-].[Ca+2]. The molecule has 4 unspecified atom stereocenters. The van der Waals surface area contributed by atoms with Crippen LogP contribution in [0.4, 0.5) is 20.2 Å². The number of aliphatic hydroxyl groups is 4. The summed E-state index contributed by atoms with van der Waals surface area (Å²) in [5.74, 6) is -4.14. The van der Waals surface area contributed by atoms with Crippen LogP contribution in [0.3, 0.4) is 0 Å². The number of aromatic nitrogens is 2. The molecular formula is C66H69CaF2N4O10+. The van der Waals surface area contributed by atoms with Crippen molar-refractivity contribution in [2.45, 2.75) is 116 Å². The Morgan fingerprint density at radius 3 is 1.11 bits per heavy atom. The molecule has 0 fully saturated rings. The second kappa shape index (κ2) is 30.9. The molecule has 7 N–H and O–H groups in total. The van der Waals surface area contributed by atoms with E-state index in [9.17, 15) is 53.5 Å². The van der Waals surface area contributed by atoms with Gasteiger partial charge in [-0.1, -0.05) is 125 Å². The number of benzene rings is 6. The maximum atomic E-state index is 14.0. The molecule has 0 saturated heterocycles. The van der Waals surface area contributed by atoms with E-state index in [1.807, 2.05) is 146 Å². The van der Waals surface area contributed by atoms with E-state index in [4.69, 9.17) is 5.11 Å². The first-order valence-electron chi connectivity index (χ1n) is 27.3. The molecule has 2 aromatic heterocycles. The number of aliphatic hydroxyl groups excluding tert-OH is 4. The summed E-state index contributed by atoms with van der Waals surface area (Å²) >= 11 is 0. The summed E-state index contributed by atoms with van der Waals surface area (Å²) in [6, 6.07) is 49.5. The van der Waals surface area contributed by atoms with Crippen molar-refractivity contribution in [1.82, 2.24) is 9.13 Å². The fraction of sp³-hybridized carbons (Fsp3) is 0.273. The van der Waals surface area contributed by atoms with Crippen LogP contribution in [0.15, 0.2) is 170 Å². The number of carboxylic acid groups (broad SMARTS) is 2. The predicted molar refractivity (Wildman–Crippen MR) is 318 cm³/mol. The Bertz CT molecular complexity index is 3170. The average Bonchev–Trinajstić information content (AvgIpc) is 3.14. The van der Waals surface area contributed by atoms with Crippen LogP contribution >= 0.6 is 0 Å². The quantitative estimate of drug-likeness (QED) is 0.0283.